The fourth-order valence-corrected chi connectivity index (χ4v) is 2.47. The van der Waals surface area contributed by atoms with Crippen LogP contribution in [-0.2, 0) is 0 Å². The van der Waals surface area contributed by atoms with Gasteiger partial charge >= 0.3 is 0 Å². The normalized spacial score (nSPS) is 23.1. The Morgan fingerprint density at radius 3 is 3.00 bits per heavy atom. The number of carbonyl (C=O) groups is 1. The van der Waals surface area contributed by atoms with Crippen molar-refractivity contribution >= 4 is 11.6 Å². The zero-order chi connectivity index (χ0) is 14.0. The first-order chi connectivity index (χ1) is 8.99. The van der Waals surface area contributed by atoms with Crippen molar-refractivity contribution in [2.75, 3.05) is 32.9 Å². The Bertz CT molecular complexity index is 464. The van der Waals surface area contributed by atoms with E-state index < -0.39 is 6.10 Å². The Morgan fingerprint density at radius 1 is 1.63 bits per heavy atom. The van der Waals surface area contributed by atoms with Crippen LogP contribution in [0, 0.1) is 0 Å². The van der Waals surface area contributed by atoms with Gasteiger partial charge in [-0.25, -0.2) is 4.98 Å². The van der Waals surface area contributed by atoms with Crippen LogP contribution >= 0.6 is 0 Å². The van der Waals surface area contributed by atoms with E-state index in [4.69, 9.17) is 5.73 Å². The van der Waals surface area contributed by atoms with Crippen LogP contribution in [0.15, 0.2) is 18.3 Å². The van der Waals surface area contributed by atoms with Crippen LogP contribution in [0.25, 0.3) is 0 Å². The molecule has 1 saturated heterocycles. The number of rotatable bonds is 3. The summed E-state index contributed by atoms with van der Waals surface area (Å²) in [4.78, 5) is 20.2. The van der Waals surface area contributed by atoms with Gasteiger partial charge in [0.2, 0.25) is 0 Å². The summed E-state index contributed by atoms with van der Waals surface area (Å²) in [6, 6.07) is 3.36. The average molecular weight is 264 g/mol. The van der Waals surface area contributed by atoms with Gasteiger partial charge < -0.3 is 20.6 Å². The first-order valence-corrected chi connectivity index (χ1v) is 6.33. The highest BCUT2D eigenvalue weighted by Gasteiger charge is 2.35. The highest BCUT2D eigenvalue weighted by atomic mass is 16.3. The predicted molar refractivity (Wildman–Crippen MR) is 72.7 cm³/mol. The summed E-state index contributed by atoms with van der Waals surface area (Å²) in [7, 11) is 3.89. The number of carbonyl (C=O) groups excluding carboxylic acids is 1. The van der Waals surface area contributed by atoms with Gasteiger partial charge in [0, 0.05) is 25.3 Å². The summed E-state index contributed by atoms with van der Waals surface area (Å²) in [6.07, 6.45) is 1.67. The second-order valence-corrected chi connectivity index (χ2v) is 5.20. The number of pyridine rings is 1. The van der Waals surface area contributed by atoms with Gasteiger partial charge in [0.1, 0.15) is 0 Å². The average Bonchev–Trinajstić information content (AvgIpc) is 2.69. The molecule has 1 aliphatic heterocycles. The number of amides is 1. The maximum absolute atomic E-state index is 12.5. The van der Waals surface area contributed by atoms with Gasteiger partial charge in [-0.3, -0.25) is 4.79 Å². The van der Waals surface area contributed by atoms with Crippen molar-refractivity contribution in [1.29, 1.82) is 0 Å². The molecule has 2 rings (SSSR count). The summed E-state index contributed by atoms with van der Waals surface area (Å²) < 4.78 is 0. The van der Waals surface area contributed by atoms with Crippen molar-refractivity contribution in [3.8, 4) is 0 Å². The van der Waals surface area contributed by atoms with Crippen LogP contribution in [-0.4, -0.2) is 65.1 Å². The van der Waals surface area contributed by atoms with E-state index in [1.54, 1.807) is 23.2 Å². The zero-order valence-corrected chi connectivity index (χ0v) is 11.3. The molecule has 6 nitrogen and oxygen atoms in total. The molecule has 0 spiro atoms. The number of likely N-dealkylation sites (N-methyl/N-ethyl adjacent to an activating group) is 1. The molecule has 1 aliphatic rings. The molecule has 6 heteroatoms. The summed E-state index contributed by atoms with van der Waals surface area (Å²) >= 11 is 0. The highest BCUT2D eigenvalue weighted by Crippen LogP contribution is 2.22. The van der Waals surface area contributed by atoms with E-state index in [0.29, 0.717) is 18.7 Å². The number of aliphatic hydroxyl groups is 1. The van der Waals surface area contributed by atoms with Gasteiger partial charge in [-0.05, 0) is 32.6 Å². The molecule has 2 unspecified atom stereocenters. The van der Waals surface area contributed by atoms with Gasteiger partial charge in [-0.15, -0.1) is 0 Å². The van der Waals surface area contributed by atoms with Crippen molar-refractivity contribution in [3.63, 3.8) is 0 Å². The quantitative estimate of drug-likeness (QED) is 0.790. The SMILES string of the molecule is CN(C)CC1CC(O)CN1C(=O)c1ncccc1N. The molecular weight excluding hydrogens is 244 g/mol. The maximum Gasteiger partial charge on any atom is 0.274 e. The van der Waals surface area contributed by atoms with E-state index in [2.05, 4.69) is 4.98 Å². The lowest BCUT2D eigenvalue weighted by molar-refractivity contribution is 0.0694. The van der Waals surface area contributed by atoms with Gasteiger partial charge in [-0.1, -0.05) is 0 Å². The number of β-amino-alcohol motifs (C(OH)–C–C–N with tert-alkyl or cyclic N) is 1. The van der Waals surface area contributed by atoms with Crippen LogP contribution in [0.5, 0.6) is 0 Å². The summed E-state index contributed by atoms with van der Waals surface area (Å²) in [5.74, 6) is -0.207. The maximum atomic E-state index is 12.5. The second-order valence-electron chi connectivity index (χ2n) is 5.20. The topological polar surface area (TPSA) is 82.7 Å². The Kier molecular flexibility index (Phi) is 4.01. The van der Waals surface area contributed by atoms with Crippen molar-refractivity contribution in [1.82, 2.24) is 14.8 Å². The Hall–Kier alpha value is -1.66. The van der Waals surface area contributed by atoms with Crippen LogP contribution in [0.1, 0.15) is 16.9 Å². The predicted octanol–water partition coefficient (Wildman–Crippen LogP) is -0.199. The minimum Gasteiger partial charge on any atom is -0.397 e. The first-order valence-electron chi connectivity index (χ1n) is 6.33. The summed E-state index contributed by atoms with van der Waals surface area (Å²) in [5, 5.41) is 9.78. The number of nitrogens with two attached hydrogens (primary N) is 1. The monoisotopic (exact) mass is 264 g/mol. The molecule has 0 bridgehead atoms. The third kappa shape index (κ3) is 3.02. The van der Waals surface area contributed by atoms with E-state index in [9.17, 15) is 9.90 Å². The molecule has 19 heavy (non-hydrogen) atoms. The Balaban J connectivity index is 2.19. The van der Waals surface area contributed by atoms with Crippen LogP contribution in [0.2, 0.25) is 0 Å². The molecule has 0 radical (unpaired) electrons. The number of hydrogen-bond donors (Lipinski definition) is 2. The zero-order valence-electron chi connectivity index (χ0n) is 11.3. The fraction of sp³-hybridized carbons (Fsp3) is 0.538. The molecule has 0 saturated carbocycles. The molecule has 0 aromatic carbocycles. The number of likely N-dealkylation sites (tertiary alicyclic amines) is 1. The highest BCUT2D eigenvalue weighted by molar-refractivity contribution is 5.97. The van der Waals surface area contributed by atoms with E-state index >= 15 is 0 Å². The molecule has 1 aromatic heterocycles. The smallest absolute Gasteiger partial charge is 0.274 e. The molecule has 3 N–H and O–H groups in total. The first kappa shape index (κ1) is 13.8. The lowest BCUT2D eigenvalue weighted by Crippen LogP contribution is -2.42. The lowest BCUT2D eigenvalue weighted by atomic mass is 10.2. The summed E-state index contributed by atoms with van der Waals surface area (Å²) in [5.41, 5.74) is 6.42. The number of aliphatic hydroxyl groups excluding tert-OH is 1. The standard InChI is InChI=1S/C13H20N4O2/c1-16(2)7-9-6-10(18)8-17(9)13(19)12-11(14)4-3-5-15-12/h3-5,9-10,18H,6-8,14H2,1-2H3. The summed E-state index contributed by atoms with van der Waals surface area (Å²) in [6.45, 7) is 1.06. The minimum atomic E-state index is -0.473. The van der Waals surface area contributed by atoms with Gasteiger partial charge in [0.25, 0.3) is 5.91 Å². The van der Waals surface area contributed by atoms with Crippen LogP contribution < -0.4 is 5.73 Å². The van der Waals surface area contributed by atoms with E-state index in [-0.39, 0.29) is 17.6 Å². The van der Waals surface area contributed by atoms with Gasteiger partial charge in [0.05, 0.1) is 11.8 Å². The van der Waals surface area contributed by atoms with Crippen molar-refractivity contribution in [3.05, 3.63) is 24.0 Å². The Morgan fingerprint density at radius 2 is 2.37 bits per heavy atom. The number of hydrogen-bond acceptors (Lipinski definition) is 5. The van der Waals surface area contributed by atoms with E-state index in [1.165, 1.54) is 0 Å². The third-order valence-corrected chi connectivity index (χ3v) is 3.27. The molecule has 1 fully saturated rings. The Labute approximate surface area is 112 Å². The molecule has 2 atom stereocenters. The number of aromatic nitrogens is 1. The van der Waals surface area contributed by atoms with E-state index in [0.717, 1.165) is 6.54 Å². The number of nitrogens with zero attached hydrogens (tertiary/aromatic N) is 3. The van der Waals surface area contributed by atoms with Gasteiger partial charge in [0.15, 0.2) is 5.69 Å². The molecule has 0 aliphatic carbocycles. The largest absolute Gasteiger partial charge is 0.397 e. The van der Waals surface area contributed by atoms with E-state index in [1.807, 2.05) is 19.0 Å². The van der Waals surface area contributed by atoms with Crippen LogP contribution in [0.3, 0.4) is 0 Å². The third-order valence-electron chi connectivity index (χ3n) is 3.27. The molecular formula is C13H20N4O2. The van der Waals surface area contributed by atoms with Crippen molar-refractivity contribution in [2.45, 2.75) is 18.6 Å². The molecule has 1 aromatic rings. The lowest BCUT2D eigenvalue weighted by Gasteiger charge is -2.26. The van der Waals surface area contributed by atoms with Crippen molar-refractivity contribution < 1.29 is 9.90 Å². The fourth-order valence-electron chi connectivity index (χ4n) is 2.47. The number of anilines is 1. The second kappa shape index (κ2) is 5.54. The molecule has 2 heterocycles. The number of nitrogen functional groups attached to an aromatic ring is 1. The van der Waals surface area contributed by atoms with Gasteiger partial charge in [-0.2, -0.15) is 0 Å². The van der Waals surface area contributed by atoms with Crippen LogP contribution in [0.4, 0.5) is 5.69 Å². The molecule has 104 valence electrons. The van der Waals surface area contributed by atoms with Crippen molar-refractivity contribution in [2.24, 2.45) is 0 Å². The molecule has 1 amide bonds. The minimum absolute atomic E-state index is 0.00101.